The lowest BCUT2D eigenvalue weighted by molar-refractivity contribution is -0.167. The molecule has 6 heteroatoms. The minimum Gasteiger partial charge on any atom is -0.462 e. The molecular formula is C68H130O6. The number of hydrogen-bond donors (Lipinski definition) is 0. The molecule has 0 saturated heterocycles. The number of carbonyl (C=O) groups is 3. The first-order valence-corrected chi connectivity index (χ1v) is 33.7. The second-order valence-electron chi connectivity index (χ2n) is 23.1. The van der Waals surface area contributed by atoms with E-state index in [-0.39, 0.29) is 31.1 Å². The minimum absolute atomic E-state index is 0.0677. The molecular weight excluding hydrogens is 913 g/mol. The molecule has 0 radical (unpaired) electrons. The Balaban J connectivity index is 3.93. The molecule has 438 valence electrons. The van der Waals surface area contributed by atoms with Gasteiger partial charge in [0.2, 0.25) is 0 Å². The predicted molar refractivity (Wildman–Crippen MR) is 321 cm³/mol. The van der Waals surface area contributed by atoms with Crippen LogP contribution < -0.4 is 0 Å². The summed E-state index contributed by atoms with van der Waals surface area (Å²) in [7, 11) is 0. The molecule has 0 aliphatic heterocycles. The maximum atomic E-state index is 12.8. The smallest absolute Gasteiger partial charge is 0.306 e. The highest BCUT2D eigenvalue weighted by Crippen LogP contribution is 2.19. The fourth-order valence-electron chi connectivity index (χ4n) is 10.4. The summed E-state index contributed by atoms with van der Waals surface area (Å²) in [5.74, 6) is -0.854. The van der Waals surface area contributed by atoms with Gasteiger partial charge in [-0.1, -0.05) is 335 Å². The lowest BCUT2D eigenvalue weighted by Gasteiger charge is -2.18. The van der Waals surface area contributed by atoms with Crippen LogP contribution in [0.4, 0.5) is 0 Å². The molecule has 0 saturated carbocycles. The van der Waals surface area contributed by atoms with Crippen molar-refractivity contribution < 1.29 is 28.6 Å². The average Bonchev–Trinajstić information content (AvgIpc) is 3.40. The molecule has 0 aromatic carbocycles. The number of esters is 3. The van der Waals surface area contributed by atoms with Crippen molar-refractivity contribution >= 4 is 17.9 Å². The lowest BCUT2D eigenvalue weighted by Crippen LogP contribution is -2.30. The van der Waals surface area contributed by atoms with Crippen LogP contribution in [0.2, 0.25) is 0 Å². The summed E-state index contributed by atoms with van der Waals surface area (Å²) in [6.45, 7) is 6.66. The van der Waals surface area contributed by atoms with Crippen LogP contribution in [-0.4, -0.2) is 37.2 Å². The molecule has 6 nitrogen and oxygen atoms in total. The quantitative estimate of drug-likeness (QED) is 0.0261. The Kier molecular flexibility index (Phi) is 62.1. The van der Waals surface area contributed by atoms with Gasteiger partial charge < -0.3 is 14.2 Å². The first-order chi connectivity index (χ1) is 36.5. The Morgan fingerprint density at radius 2 is 0.446 bits per heavy atom. The van der Waals surface area contributed by atoms with E-state index in [1.165, 1.54) is 283 Å². The van der Waals surface area contributed by atoms with Gasteiger partial charge in [-0.25, -0.2) is 0 Å². The predicted octanol–water partition coefficient (Wildman–Crippen LogP) is 22.8. The molecule has 0 spiro atoms. The maximum absolute atomic E-state index is 12.8. The van der Waals surface area contributed by atoms with E-state index in [1.807, 2.05) is 0 Å². The third-order valence-corrected chi connectivity index (χ3v) is 15.5. The van der Waals surface area contributed by atoms with Crippen molar-refractivity contribution in [3.8, 4) is 0 Å². The maximum Gasteiger partial charge on any atom is 0.306 e. The third kappa shape index (κ3) is 61.0. The van der Waals surface area contributed by atoms with Gasteiger partial charge in [-0.2, -0.15) is 0 Å². The van der Waals surface area contributed by atoms with Crippen LogP contribution >= 0.6 is 0 Å². The third-order valence-electron chi connectivity index (χ3n) is 15.5. The van der Waals surface area contributed by atoms with E-state index < -0.39 is 6.10 Å². The van der Waals surface area contributed by atoms with Gasteiger partial charge in [0.05, 0.1) is 0 Å². The highest BCUT2D eigenvalue weighted by molar-refractivity contribution is 5.71. The van der Waals surface area contributed by atoms with Crippen molar-refractivity contribution in [3.63, 3.8) is 0 Å². The normalized spacial score (nSPS) is 12.0. The van der Waals surface area contributed by atoms with Crippen LogP contribution in [0, 0.1) is 0 Å². The van der Waals surface area contributed by atoms with Gasteiger partial charge in [0.1, 0.15) is 13.2 Å². The standard InChI is InChI=1S/C68H130O6/c1-4-7-10-13-16-19-22-24-25-26-27-28-29-30-31-32-33-34-35-36-37-38-39-40-41-42-43-44-45-47-49-52-55-58-61-67(70)73-64-65(63-72-66(69)60-57-54-51-48-21-18-15-12-9-6-3)74-68(71)62-59-56-53-50-46-23-20-17-14-11-8-5-2/h17,20,65H,4-16,18-19,21-64H2,1-3H3/b20-17-. The van der Waals surface area contributed by atoms with Crippen LogP contribution in [0.1, 0.15) is 387 Å². The molecule has 0 aliphatic rings. The molecule has 1 unspecified atom stereocenters. The molecule has 74 heavy (non-hydrogen) atoms. The van der Waals surface area contributed by atoms with Crippen molar-refractivity contribution in [2.24, 2.45) is 0 Å². The van der Waals surface area contributed by atoms with Crippen LogP contribution in [-0.2, 0) is 28.6 Å². The van der Waals surface area contributed by atoms with Gasteiger partial charge in [0, 0.05) is 19.3 Å². The summed E-state index contributed by atoms with van der Waals surface area (Å²) in [5.41, 5.74) is 0. The summed E-state index contributed by atoms with van der Waals surface area (Å²) < 4.78 is 16.9. The van der Waals surface area contributed by atoms with Crippen LogP contribution in [0.15, 0.2) is 12.2 Å². The van der Waals surface area contributed by atoms with Crippen LogP contribution in [0.3, 0.4) is 0 Å². The van der Waals surface area contributed by atoms with E-state index >= 15 is 0 Å². The lowest BCUT2D eigenvalue weighted by atomic mass is 10.0. The molecule has 0 fully saturated rings. The number of rotatable bonds is 63. The first kappa shape index (κ1) is 72.2. The molecule has 1 atom stereocenters. The van der Waals surface area contributed by atoms with Crippen LogP contribution in [0.25, 0.3) is 0 Å². The van der Waals surface area contributed by atoms with E-state index in [4.69, 9.17) is 14.2 Å². The highest BCUT2D eigenvalue weighted by atomic mass is 16.6. The monoisotopic (exact) mass is 1040 g/mol. The molecule has 0 bridgehead atoms. The van der Waals surface area contributed by atoms with Gasteiger partial charge in [0.25, 0.3) is 0 Å². The number of hydrogen-bond acceptors (Lipinski definition) is 6. The Morgan fingerprint density at radius 3 is 0.703 bits per heavy atom. The minimum atomic E-state index is -0.768. The Hall–Kier alpha value is -1.85. The van der Waals surface area contributed by atoms with Gasteiger partial charge in [-0.3, -0.25) is 14.4 Å². The zero-order chi connectivity index (χ0) is 53.6. The Bertz CT molecular complexity index is 1150. The van der Waals surface area contributed by atoms with Crippen LogP contribution in [0.5, 0.6) is 0 Å². The molecule has 0 amide bonds. The van der Waals surface area contributed by atoms with Gasteiger partial charge in [-0.15, -0.1) is 0 Å². The number of allylic oxidation sites excluding steroid dienone is 2. The Morgan fingerprint density at radius 1 is 0.257 bits per heavy atom. The fraction of sp³-hybridized carbons (Fsp3) is 0.926. The highest BCUT2D eigenvalue weighted by Gasteiger charge is 2.19. The number of ether oxygens (including phenoxy) is 3. The summed E-state index contributed by atoms with van der Waals surface area (Å²) >= 11 is 0. The fourth-order valence-corrected chi connectivity index (χ4v) is 10.4. The van der Waals surface area contributed by atoms with Crippen molar-refractivity contribution in [1.82, 2.24) is 0 Å². The molecule has 0 aromatic rings. The van der Waals surface area contributed by atoms with Crippen molar-refractivity contribution in [2.75, 3.05) is 13.2 Å². The SMILES string of the molecule is CCCCC/C=C\CCCCCCCC(=O)OC(COC(=O)CCCCCCCCCCCC)COC(=O)CCCCCCCCCCCCCCCCCCCCCCCCCCCCCCCCCCCC. The molecule has 0 rings (SSSR count). The largest absolute Gasteiger partial charge is 0.462 e. The Labute approximate surface area is 462 Å². The molecule has 0 N–H and O–H groups in total. The second kappa shape index (κ2) is 63.7. The van der Waals surface area contributed by atoms with E-state index in [1.54, 1.807) is 0 Å². The zero-order valence-corrected chi connectivity index (χ0v) is 50.4. The first-order valence-electron chi connectivity index (χ1n) is 33.7. The molecule has 0 heterocycles. The number of carbonyl (C=O) groups excluding carboxylic acids is 3. The summed E-state index contributed by atoms with van der Waals surface area (Å²) in [6, 6.07) is 0. The van der Waals surface area contributed by atoms with Gasteiger partial charge in [0.15, 0.2) is 6.10 Å². The van der Waals surface area contributed by atoms with Crippen molar-refractivity contribution in [1.29, 1.82) is 0 Å². The average molecular weight is 1040 g/mol. The molecule has 0 aromatic heterocycles. The second-order valence-corrected chi connectivity index (χ2v) is 23.1. The van der Waals surface area contributed by atoms with Crippen molar-refractivity contribution in [3.05, 3.63) is 12.2 Å². The topological polar surface area (TPSA) is 78.9 Å². The summed E-state index contributed by atoms with van der Waals surface area (Å²) in [5, 5.41) is 0. The molecule has 0 aliphatic carbocycles. The summed E-state index contributed by atoms with van der Waals surface area (Å²) in [6.07, 6.45) is 75.6. The van der Waals surface area contributed by atoms with Crippen molar-refractivity contribution in [2.45, 2.75) is 393 Å². The number of unbranched alkanes of at least 4 members (excludes halogenated alkanes) is 50. The van der Waals surface area contributed by atoms with E-state index in [2.05, 4.69) is 32.9 Å². The summed E-state index contributed by atoms with van der Waals surface area (Å²) in [4.78, 5) is 38.1. The van der Waals surface area contributed by atoms with Gasteiger partial charge >= 0.3 is 17.9 Å². The van der Waals surface area contributed by atoms with E-state index in [9.17, 15) is 14.4 Å². The zero-order valence-electron chi connectivity index (χ0n) is 50.4. The van der Waals surface area contributed by atoms with E-state index in [0.717, 1.165) is 64.2 Å². The van der Waals surface area contributed by atoms with E-state index in [0.29, 0.717) is 19.3 Å². The van der Waals surface area contributed by atoms with Gasteiger partial charge in [-0.05, 0) is 44.9 Å².